The fourth-order valence-corrected chi connectivity index (χ4v) is 2.26. The number of hydrogen-bond donors (Lipinski definition) is 1. The molecule has 3 rings (SSSR count). The summed E-state index contributed by atoms with van der Waals surface area (Å²) in [4.78, 5) is 4.35. The quantitative estimate of drug-likeness (QED) is 0.713. The molecule has 96 valence electrons. The Morgan fingerprint density at radius 2 is 1.89 bits per heavy atom. The van der Waals surface area contributed by atoms with Gasteiger partial charge in [-0.2, -0.15) is 0 Å². The number of benzene rings is 2. The number of rotatable bonds is 2. The highest BCUT2D eigenvalue weighted by molar-refractivity contribution is 5.79. The molecular weight excluding hydrogens is 241 g/mol. The fraction of sp³-hybridized carbons (Fsp3) is 0.133. The SMILES string of the molecule is CC(c1ccc(F)cc1)n1cnc2cc(N)ccc21. The van der Waals surface area contributed by atoms with Crippen LogP contribution in [0.2, 0.25) is 0 Å². The van der Waals surface area contributed by atoms with Gasteiger partial charge in [-0.05, 0) is 42.8 Å². The molecule has 0 bridgehead atoms. The third-order valence-electron chi connectivity index (χ3n) is 3.37. The lowest BCUT2D eigenvalue weighted by Crippen LogP contribution is -2.05. The second kappa shape index (κ2) is 4.39. The van der Waals surface area contributed by atoms with E-state index >= 15 is 0 Å². The molecule has 0 saturated heterocycles. The number of anilines is 1. The zero-order chi connectivity index (χ0) is 13.4. The standard InChI is InChI=1S/C15H14FN3/c1-10(11-2-4-12(16)5-3-11)19-9-18-14-8-13(17)6-7-15(14)19/h2-10H,17H2,1H3. The van der Waals surface area contributed by atoms with Gasteiger partial charge in [0, 0.05) is 5.69 Å². The summed E-state index contributed by atoms with van der Waals surface area (Å²) in [5.41, 5.74) is 9.38. The molecule has 4 heteroatoms. The van der Waals surface area contributed by atoms with Gasteiger partial charge in [0.2, 0.25) is 0 Å². The number of aromatic nitrogens is 2. The number of nitrogens with zero attached hydrogens (tertiary/aromatic N) is 2. The molecule has 1 atom stereocenters. The lowest BCUT2D eigenvalue weighted by atomic mass is 10.1. The van der Waals surface area contributed by atoms with Crippen molar-refractivity contribution in [3.63, 3.8) is 0 Å². The van der Waals surface area contributed by atoms with Crippen LogP contribution in [0.5, 0.6) is 0 Å². The van der Waals surface area contributed by atoms with Crippen molar-refractivity contribution in [2.24, 2.45) is 0 Å². The third kappa shape index (κ3) is 2.05. The van der Waals surface area contributed by atoms with Crippen molar-refractivity contribution < 1.29 is 4.39 Å². The summed E-state index contributed by atoms with van der Waals surface area (Å²) >= 11 is 0. The second-order valence-corrected chi connectivity index (χ2v) is 4.63. The van der Waals surface area contributed by atoms with E-state index in [2.05, 4.69) is 16.5 Å². The van der Waals surface area contributed by atoms with Gasteiger partial charge in [-0.25, -0.2) is 9.37 Å². The second-order valence-electron chi connectivity index (χ2n) is 4.63. The summed E-state index contributed by atoms with van der Waals surface area (Å²) < 4.78 is 15.0. The molecule has 1 aromatic heterocycles. The van der Waals surface area contributed by atoms with E-state index < -0.39 is 0 Å². The zero-order valence-electron chi connectivity index (χ0n) is 10.5. The predicted molar refractivity (Wildman–Crippen MR) is 74.4 cm³/mol. The average molecular weight is 255 g/mol. The van der Waals surface area contributed by atoms with E-state index in [1.165, 1.54) is 12.1 Å². The van der Waals surface area contributed by atoms with Crippen LogP contribution in [0.15, 0.2) is 48.8 Å². The largest absolute Gasteiger partial charge is 0.399 e. The van der Waals surface area contributed by atoms with E-state index in [1.807, 2.05) is 18.2 Å². The molecule has 0 aliphatic rings. The molecule has 0 aliphatic carbocycles. The molecule has 1 unspecified atom stereocenters. The van der Waals surface area contributed by atoms with Crippen LogP contribution < -0.4 is 5.73 Å². The maximum absolute atomic E-state index is 13.0. The van der Waals surface area contributed by atoms with Crippen molar-refractivity contribution in [2.45, 2.75) is 13.0 Å². The number of fused-ring (bicyclic) bond motifs is 1. The van der Waals surface area contributed by atoms with Gasteiger partial charge in [-0.1, -0.05) is 12.1 Å². The Bertz CT molecular complexity index is 716. The first-order valence-corrected chi connectivity index (χ1v) is 6.12. The number of halogens is 1. The topological polar surface area (TPSA) is 43.8 Å². The van der Waals surface area contributed by atoms with Crippen molar-refractivity contribution in [3.8, 4) is 0 Å². The van der Waals surface area contributed by atoms with Crippen molar-refractivity contribution in [1.82, 2.24) is 9.55 Å². The number of nitrogens with two attached hydrogens (primary N) is 1. The Kier molecular flexibility index (Phi) is 2.71. The lowest BCUT2D eigenvalue weighted by molar-refractivity contribution is 0.620. The summed E-state index contributed by atoms with van der Waals surface area (Å²) in [6.45, 7) is 2.06. The summed E-state index contributed by atoms with van der Waals surface area (Å²) in [5, 5.41) is 0. The van der Waals surface area contributed by atoms with Crippen LogP contribution in [0.3, 0.4) is 0 Å². The van der Waals surface area contributed by atoms with E-state index in [-0.39, 0.29) is 11.9 Å². The molecule has 2 N–H and O–H groups in total. The molecule has 0 aliphatic heterocycles. The van der Waals surface area contributed by atoms with Crippen molar-refractivity contribution in [3.05, 3.63) is 60.2 Å². The van der Waals surface area contributed by atoms with Crippen molar-refractivity contribution >= 4 is 16.7 Å². The Balaban J connectivity index is 2.06. The molecule has 0 fully saturated rings. The van der Waals surface area contributed by atoms with E-state index in [4.69, 9.17) is 5.73 Å². The molecule has 1 heterocycles. The van der Waals surface area contributed by atoms with Crippen LogP contribution in [0.4, 0.5) is 10.1 Å². The molecule has 19 heavy (non-hydrogen) atoms. The molecule has 3 nitrogen and oxygen atoms in total. The summed E-state index contributed by atoms with van der Waals surface area (Å²) in [6.07, 6.45) is 1.79. The Labute approximate surface area is 110 Å². The third-order valence-corrected chi connectivity index (χ3v) is 3.37. The highest BCUT2D eigenvalue weighted by Gasteiger charge is 2.11. The van der Waals surface area contributed by atoms with Gasteiger partial charge in [0.05, 0.1) is 23.4 Å². The van der Waals surface area contributed by atoms with Gasteiger partial charge in [0.25, 0.3) is 0 Å². The molecule has 3 aromatic rings. The Morgan fingerprint density at radius 3 is 2.63 bits per heavy atom. The number of nitrogen functional groups attached to an aromatic ring is 1. The van der Waals surface area contributed by atoms with Crippen LogP contribution >= 0.6 is 0 Å². The van der Waals surface area contributed by atoms with E-state index in [9.17, 15) is 4.39 Å². The van der Waals surface area contributed by atoms with E-state index in [1.54, 1.807) is 18.5 Å². The summed E-state index contributed by atoms with van der Waals surface area (Å²) in [6, 6.07) is 12.3. The van der Waals surface area contributed by atoms with Gasteiger partial charge in [-0.3, -0.25) is 0 Å². The van der Waals surface area contributed by atoms with Crippen LogP contribution in [0.1, 0.15) is 18.5 Å². The van der Waals surface area contributed by atoms with Crippen LogP contribution in [-0.4, -0.2) is 9.55 Å². The number of hydrogen-bond acceptors (Lipinski definition) is 2. The van der Waals surface area contributed by atoms with Gasteiger partial charge >= 0.3 is 0 Å². The maximum Gasteiger partial charge on any atom is 0.123 e. The average Bonchev–Trinajstić information content (AvgIpc) is 2.81. The minimum absolute atomic E-state index is 0.0919. The van der Waals surface area contributed by atoms with E-state index in [0.29, 0.717) is 5.69 Å². The smallest absolute Gasteiger partial charge is 0.123 e. The van der Waals surface area contributed by atoms with Crippen LogP contribution in [-0.2, 0) is 0 Å². The first-order chi connectivity index (χ1) is 9.15. The normalized spacial score (nSPS) is 12.7. The zero-order valence-corrected chi connectivity index (χ0v) is 10.5. The van der Waals surface area contributed by atoms with E-state index in [0.717, 1.165) is 16.6 Å². The van der Waals surface area contributed by atoms with Crippen LogP contribution in [0, 0.1) is 5.82 Å². The highest BCUT2D eigenvalue weighted by atomic mass is 19.1. The summed E-state index contributed by atoms with van der Waals surface area (Å²) in [5.74, 6) is -0.223. The fourth-order valence-electron chi connectivity index (χ4n) is 2.26. The van der Waals surface area contributed by atoms with Gasteiger partial charge in [-0.15, -0.1) is 0 Å². The molecule has 0 radical (unpaired) electrons. The predicted octanol–water partition coefficient (Wildman–Crippen LogP) is 3.37. The molecule has 0 spiro atoms. The minimum atomic E-state index is -0.223. The monoisotopic (exact) mass is 255 g/mol. The van der Waals surface area contributed by atoms with Gasteiger partial charge in [0.1, 0.15) is 5.82 Å². The number of imidazole rings is 1. The molecule has 0 amide bonds. The highest BCUT2D eigenvalue weighted by Crippen LogP contribution is 2.24. The molecule has 0 saturated carbocycles. The summed E-state index contributed by atoms with van der Waals surface area (Å²) in [7, 11) is 0. The lowest BCUT2D eigenvalue weighted by Gasteiger charge is -2.15. The maximum atomic E-state index is 13.0. The van der Waals surface area contributed by atoms with Gasteiger partial charge in [0.15, 0.2) is 0 Å². The molecular formula is C15H14FN3. The Morgan fingerprint density at radius 1 is 1.16 bits per heavy atom. The minimum Gasteiger partial charge on any atom is -0.399 e. The molecule has 2 aromatic carbocycles. The van der Waals surface area contributed by atoms with Crippen LogP contribution in [0.25, 0.3) is 11.0 Å². The van der Waals surface area contributed by atoms with Gasteiger partial charge < -0.3 is 10.3 Å². The first kappa shape index (κ1) is 11.7. The first-order valence-electron chi connectivity index (χ1n) is 6.12. The Hall–Kier alpha value is -2.36. The van der Waals surface area contributed by atoms with Crippen molar-refractivity contribution in [2.75, 3.05) is 5.73 Å². The van der Waals surface area contributed by atoms with Crippen molar-refractivity contribution in [1.29, 1.82) is 0 Å².